The van der Waals surface area contributed by atoms with Gasteiger partial charge in [0, 0.05) is 20.2 Å². The molecule has 0 spiro atoms. The molecule has 7 heteroatoms. The monoisotopic (exact) mass is 269 g/mol. The highest BCUT2D eigenvalue weighted by Gasteiger charge is 2.08. The van der Waals surface area contributed by atoms with Crippen LogP contribution < -0.4 is 15.4 Å². The lowest BCUT2D eigenvalue weighted by Crippen LogP contribution is -2.16. The van der Waals surface area contributed by atoms with Gasteiger partial charge in [0.15, 0.2) is 0 Å². The molecule has 0 saturated heterocycles. The van der Waals surface area contributed by atoms with E-state index in [0.29, 0.717) is 37.0 Å². The summed E-state index contributed by atoms with van der Waals surface area (Å²) < 4.78 is 5.41. The number of aliphatic hydroxyl groups is 1. The highest BCUT2D eigenvalue weighted by Crippen LogP contribution is 2.12. The smallest absolute Gasteiger partial charge is 0.323 e. The summed E-state index contributed by atoms with van der Waals surface area (Å²) in [6.07, 6.45) is 1.65. The van der Waals surface area contributed by atoms with Gasteiger partial charge in [0.2, 0.25) is 11.9 Å². The average Bonchev–Trinajstić information content (AvgIpc) is 2.43. The predicted octanol–water partition coefficient (Wildman–Crippen LogP) is 1.13. The molecule has 0 aromatic carbocycles. The number of nitrogens with one attached hydrogen (secondary N) is 2. The van der Waals surface area contributed by atoms with E-state index in [1.165, 1.54) is 0 Å². The number of aliphatic hydroxyl groups excluding tert-OH is 1. The van der Waals surface area contributed by atoms with Crippen LogP contribution in [-0.4, -0.2) is 46.9 Å². The van der Waals surface area contributed by atoms with Crippen molar-refractivity contribution in [1.29, 1.82) is 0 Å². The molecule has 0 aliphatic rings. The maximum Gasteiger partial charge on any atom is 0.323 e. The summed E-state index contributed by atoms with van der Waals surface area (Å²) in [4.78, 5) is 12.5. The van der Waals surface area contributed by atoms with Crippen molar-refractivity contribution in [3.63, 3.8) is 0 Å². The zero-order chi connectivity index (χ0) is 14.1. The fourth-order valence-electron chi connectivity index (χ4n) is 1.39. The van der Waals surface area contributed by atoms with E-state index in [0.717, 1.165) is 12.8 Å². The lowest BCUT2D eigenvalue weighted by Gasteiger charge is -2.12. The van der Waals surface area contributed by atoms with Crippen LogP contribution in [0.25, 0.3) is 0 Å². The molecule has 7 nitrogen and oxygen atoms in total. The van der Waals surface area contributed by atoms with Crippen LogP contribution in [0.2, 0.25) is 0 Å². The molecule has 1 rings (SSSR count). The van der Waals surface area contributed by atoms with E-state index in [-0.39, 0.29) is 6.61 Å². The Morgan fingerprint density at radius 1 is 1.26 bits per heavy atom. The largest absolute Gasteiger partial charge is 0.463 e. The molecule has 1 heterocycles. The summed E-state index contributed by atoms with van der Waals surface area (Å²) in [6.45, 7) is 5.54. The van der Waals surface area contributed by atoms with E-state index in [9.17, 15) is 0 Å². The molecule has 19 heavy (non-hydrogen) atoms. The van der Waals surface area contributed by atoms with Gasteiger partial charge < -0.3 is 20.5 Å². The van der Waals surface area contributed by atoms with Crippen LogP contribution >= 0.6 is 0 Å². The minimum Gasteiger partial charge on any atom is -0.463 e. The first-order valence-corrected chi connectivity index (χ1v) is 6.61. The van der Waals surface area contributed by atoms with Crippen molar-refractivity contribution in [3.8, 4) is 6.01 Å². The van der Waals surface area contributed by atoms with Crippen molar-refractivity contribution < 1.29 is 9.84 Å². The lowest BCUT2D eigenvalue weighted by atomic mass is 10.1. The molecule has 108 valence electrons. The second kappa shape index (κ2) is 8.47. The number of anilines is 2. The van der Waals surface area contributed by atoms with Crippen LogP contribution in [-0.2, 0) is 0 Å². The maximum atomic E-state index is 8.86. The number of ether oxygens (including phenoxy) is 1. The van der Waals surface area contributed by atoms with Crippen LogP contribution in [0, 0.1) is 5.92 Å². The summed E-state index contributed by atoms with van der Waals surface area (Å²) in [6, 6.07) is 0.318. The standard InChI is InChI=1S/C12H23N5O2/c1-4-7-19-12-16-10(13-3)15-11(17-12)14-8-9(2)5-6-18/h9,18H,4-8H2,1-3H3,(H2,13,14,15,16,17). The van der Waals surface area contributed by atoms with E-state index in [1.807, 2.05) is 6.92 Å². The Balaban J connectivity index is 2.65. The van der Waals surface area contributed by atoms with Crippen LogP contribution in [0.15, 0.2) is 0 Å². The predicted molar refractivity (Wildman–Crippen MR) is 74.5 cm³/mol. The molecule has 3 N–H and O–H groups in total. The highest BCUT2D eigenvalue weighted by molar-refractivity contribution is 5.35. The Morgan fingerprint density at radius 2 is 2.00 bits per heavy atom. The third-order valence-corrected chi connectivity index (χ3v) is 2.50. The first kappa shape index (κ1) is 15.4. The summed E-state index contributed by atoms with van der Waals surface area (Å²) in [5.41, 5.74) is 0. The third kappa shape index (κ3) is 5.69. The zero-order valence-corrected chi connectivity index (χ0v) is 11.8. The quantitative estimate of drug-likeness (QED) is 0.619. The number of nitrogens with zero attached hydrogens (tertiary/aromatic N) is 3. The highest BCUT2D eigenvalue weighted by atomic mass is 16.5. The van der Waals surface area contributed by atoms with E-state index >= 15 is 0 Å². The molecule has 1 aromatic rings. The van der Waals surface area contributed by atoms with Gasteiger partial charge in [-0.1, -0.05) is 13.8 Å². The van der Waals surface area contributed by atoms with E-state index in [4.69, 9.17) is 9.84 Å². The third-order valence-electron chi connectivity index (χ3n) is 2.50. The molecule has 0 aliphatic carbocycles. The molecule has 1 aromatic heterocycles. The Kier molecular flexibility index (Phi) is 6.88. The summed E-state index contributed by atoms with van der Waals surface area (Å²) >= 11 is 0. The summed E-state index contributed by atoms with van der Waals surface area (Å²) in [5, 5.41) is 14.9. The topological polar surface area (TPSA) is 92.2 Å². The van der Waals surface area contributed by atoms with Gasteiger partial charge in [-0.25, -0.2) is 0 Å². The lowest BCUT2D eigenvalue weighted by molar-refractivity contribution is 0.265. The first-order chi connectivity index (χ1) is 9.19. The van der Waals surface area contributed by atoms with Gasteiger partial charge in [-0.2, -0.15) is 15.0 Å². The van der Waals surface area contributed by atoms with Gasteiger partial charge in [0.25, 0.3) is 0 Å². The number of aromatic nitrogens is 3. The fourth-order valence-corrected chi connectivity index (χ4v) is 1.39. The van der Waals surface area contributed by atoms with Crippen molar-refractivity contribution in [3.05, 3.63) is 0 Å². The maximum absolute atomic E-state index is 8.86. The normalized spacial score (nSPS) is 12.0. The molecule has 0 fully saturated rings. The average molecular weight is 269 g/mol. The van der Waals surface area contributed by atoms with Gasteiger partial charge in [-0.15, -0.1) is 0 Å². The molecule has 1 atom stereocenters. The SMILES string of the molecule is CCCOc1nc(NC)nc(NCC(C)CCO)n1. The summed E-state index contributed by atoms with van der Waals surface area (Å²) in [5.74, 6) is 1.30. The van der Waals surface area contributed by atoms with E-state index in [1.54, 1.807) is 7.05 Å². The number of hydrogen-bond acceptors (Lipinski definition) is 7. The van der Waals surface area contributed by atoms with E-state index < -0.39 is 0 Å². The molecule has 0 bridgehead atoms. The van der Waals surface area contributed by atoms with Crippen LogP contribution in [0.4, 0.5) is 11.9 Å². The van der Waals surface area contributed by atoms with Crippen LogP contribution in [0.3, 0.4) is 0 Å². The molecular weight excluding hydrogens is 246 g/mol. The minimum absolute atomic E-state index is 0.187. The second-order valence-electron chi connectivity index (χ2n) is 4.36. The van der Waals surface area contributed by atoms with E-state index in [2.05, 4.69) is 32.5 Å². The number of rotatable bonds is 9. The first-order valence-electron chi connectivity index (χ1n) is 6.61. The van der Waals surface area contributed by atoms with Crippen molar-refractivity contribution in [2.75, 3.05) is 37.4 Å². The van der Waals surface area contributed by atoms with Crippen LogP contribution in [0.1, 0.15) is 26.7 Å². The van der Waals surface area contributed by atoms with Gasteiger partial charge >= 0.3 is 6.01 Å². The summed E-state index contributed by atoms with van der Waals surface area (Å²) in [7, 11) is 1.75. The van der Waals surface area contributed by atoms with Crippen LogP contribution in [0.5, 0.6) is 6.01 Å². The Hall–Kier alpha value is -1.63. The second-order valence-corrected chi connectivity index (χ2v) is 4.36. The zero-order valence-electron chi connectivity index (χ0n) is 11.8. The molecule has 0 amide bonds. The Bertz CT molecular complexity index is 375. The van der Waals surface area contributed by atoms with Crippen molar-refractivity contribution >= 4 is 11.9 Å². The molecule has 0 radical (unpaired) electrons. The van der Waals surface area contributed by atoms with Crippen molar-refractivity contribution in [2.24, 2.45) is 5.92 Å². The Morgan fingerprint density at radius 3 is 2.63 bits per heavy atom. The Labute approximate surface area is 113 Å². The van der Waals surface area contributed by atoms with Gasteiger partial charge in [0.05, 0.1) is 6.61 Å². The molecule has 0 aliphatic heterocycles. The molecule has 0 saturated carbocycles. The van der Waals surface area contributed by atoms with Crippen molar-refractivity contribution in [1.82, 2.24) is 15.0 Å². The molecule has 1 unspecified atom stereocenters. The number of hydrogen-bond donors (Lipinski definition) is 3. The minimum atomic E-state index is 0.187. The van der Waals surface area contributed by atoms with Gasteiger partial charge in [-0.05, 0) is 18.8 Å². The van der Waals surface area contributed by atoms with Gasteiger partial charge in [0.1, 0.15) is 0 Å². The fraction of sp³-hybridized carbons (Fsp3) is 0.750. The van der Waals surface area contributed by atoms with Crippen molar-refractivity contribution in [2.45, 2.75) is 26.7 Å². The van der Waals surface area contributed by atoms with Gasteiger partial charge in [-0.3, -0.25) is 0 Å². The molecular formula is C12H23N5O2.